The Morgan fingerprint density at radius 2 is 1.82 bits per heavy atom. The molecule has 1 aliphatic rings. The van der Waals surface area contributed by atoms with Gasteiger partial charge in [0.05, 0.1) is 18.0 Å². The Morgan fingerprint density at radius 1 is 1.00 bits per heavy atom. The summed E-state index contributed by atoms with van der Waals surface area (Å²) in [7, 11) is 0. The highest BCUT2D eigenvalue weighted by atomic mass is 16.5. The molecule has 0 radical (unpaired) electrons. The summed E-state index contributed by atoms with van der Waals surface area (Å²) in [5.74, 6) is 1.21. The molecule has 3 aromatic rings. The fraction of sp³-hybridized carbons (Fsp3) is 0.176. The number of benzene rings is 2. The summed E-state index contributed by atoms with van der Waals surface area (Å²) in [5.41, 5.74) is 6.78. The molecule has 22 heavy (non-hydrogen) atoms. The van der Waals surface area contributed by atoms with Gasteiger partial charge in [-0.25, -0.2) is 0 Å². The molecule has 0 saturated carbocycles. The quantitative estimate of drug-likeness (QED) is 0.752. The van der Waals surface area contributed by atoms with E-state index in [1.54, 1.807) is 6.92 Å². The summed E-state index contributed by atoms with van der Waals surface area (Å²) in [6.45, 7) is 4.67. The number of nitrogens with one attached hydrogen (secondary N) is 2. The lowest BCUT2D eigenvalue weighted by molar-refractivity contribution is 0.394. The molecule has 2 aromatic carbocycles. The molecular formula is C17H16N4O. The van der Waals surface area contributed by atoms with Crippen molar-refractivity contribution in [3.8, 4) is 22.5 Å². The van der Waals surface area contributed by atoms with Crippen molar-refractivity contribution in [2.45, 2.75) is 13.8 Å². The minimum atomic E-state index is 0.576. The highest BCUT2D eigenvalue weighted by Gasteiger charge is 2.14. The standard InChI is InChI=1S/C17H16N4O/c1-10-13(12-6-7-15-16(8-12)19-9-18-15)4-3-5-14(10)17-20-11(2)22-21-17/h3-8,18-19H,9H2,1-2H3. The molecule has 0 fully saturated rings. The molecule has 110 valence electrons. The summed E-state index contributed by atoms with van der Waals surface area (Å²) in [6, 6.07) is 12.6. The molecule has 0 bridgehead atoms. The second-order valence-electron chi connectivity index (χ2n) is 5.41. The van der Waals surface area contributed by atoms with Crippen molar-refractivity contribution in [2.24, 2.45) is 0 Å². The Hall–Kier alpha value is -2.82. The van der Waals surface area contributed by atoms with Gasteiger partial charge in [0.2, 0.25) is 11.7 Å². The van der Waals surface area contributed by atoms with E-state index < -0.39 is 0 Å². The first kappa shape index (κ1) is 12.9. The van der Waals surface area contributed by atoms with Crippen LogP contribution < -0.4 is 10.6 Å². The first-order valence-corrected chi connectivity index (χ1v) is 7.25. The Kier molecular flexibility index (Phi) is 2.85. The zero-order valence-corrected chi connectivity index (χ0v) is 12.5. The molecule has 1 aliphatic heterocycles. The van der Waals surface area contributed by atoms with E-state index in [0.29, 0.717) is 11.7 Å². The van der Waals surface area contributed by atoms with Crippen molar-refractivity contribution >= 4 is 11.4 Å². The van der Waals surface area contributed by atoms with E-state index in [1.165, 1.54) is 11.1 Å². The van der Waals surface area contributed by atoms with Crippen molar-refractivity contribution in [3.05, 3.63) is 47.9 Å². The van der Waals surface area contributed by atoms with Gasteiger partial charge in [0.1, 0.15) is 0 Å². The maximum absolute atomic E-state index is 5.10. The lowest BCUT2D eigenvalue weighted by Crippen LogP contribution is -1.98. The number of anilines is 2. The number of rotatable bonds is 2. The smallest absolute Gasteiger partial charge is 0.223 e. The summed E-state index contributed by atoms with van der Waals surface area (Å²) in [6.07, 6.45) is 0. The van der Waals surface area contributed by atoms with Crippen LogP contribution in [0.1, 0.15) is 11.5 Å². The van der Waals surface area contributed by atoms with Crippen LogP contribution in [-0.4, -0.2) is 16.8 Å². The molecule has 0 spiro atoms. The van der Waals surface area contributed by atoms with Crippen LogP contribution in [-0.2, 0) is 0 Å². The van der Waals surface area contributed by atoms with Crippen molar-refractivity contribution < 1.29 is 4.52 Å². The second-order valence-corrected chi connectivity index (χ2v) is 5.41. The highest BCUT2D eigenvalue weighted by Crippen LogP contribution is 2.35. The topological polar surface area (TPSA) is 63.0 Å². The van der Waals surface area contributed by atoms with Gasteiger partial charge < -0.3 is 15.2 Å². The Labute approximate surface area is 128 Å². The summed E-state index contributed by atoms with van der Waals surface area (Å²) in [4.78, 5) is 4.33. The molecule has 1 aromatic heterocycles. The highest BCUT2D eigenvalue weighted by molar-refractivity contribution is 5.83. The third-order valence-corrected chi connectivity index (χ3v) is 3.99. The van der Waals surface area contributed by atoms with Gasteiger partial charge in [0, 0.05) is 12.5 Å². The van der Waals surface area contributed by atoms with Crippen molar-refractivity contribution in [1.29, 1.82) is 0 Å². The molecule has 0 unspecified atom stereocenters. The average molecular weight is 292 g/mol. The third-order valence-electron chi connectivity index (χ3n) is 3.99. The van der Waals surface area contributed by atoms with E-state index in [4.69, 9.17) is 4.52 Å². The van der Waals surface area contributed by atoms with Crippen LogP contribution in [0.3, 0.4) is 0 Å². The monoisotopic (exact) mass is 292 g/mol. The molecule has 2 N–H and O–H groups in total. The minimum absolute atomic E-state index is 0.576. The van der Waals surface area contributed by atoms with Crippen LogP contribution in [0, 0.1) is 13.8 Å². The Bertz CT molecular complexity index is 854. The predicted molar refractivity (Wildman–Crippen MR) is 86.8 cm³/mol. The van der Waals surface area contributed by atoms with Gasteiger partial charge in [-0.1, -0.05) is 29.4 Å². The molecular weight excluding hydrogens is 276 g/mol. The summed E-state index contributed by atoms with van der Waals surface area (Å²) < 4.78 is 5.10. The normalized spacial score (nSPS) is 12.6. The van der Waals surface area contributed by atoms with Crippen molar-refractivity contribution in [2.75, 3.05) is 17.3 Å². The lowest BCUT2D eigenvalue weighted by atomic mass is 9.95. The van der Waals surface area contributed by atoms with Crippen LogP contribution in [0.4, 0.5) is 11.4 Å². The van der Waals surface area contributed by atoms with E-state index in [-0.39, 0.29) is 0 Å². The van der Waals surface area contributed by atoms with Gasteiger partial charge in [0.25, 0.3) is 0 Å². The number of aromatic nitrogens is 2. The predicted octanol–water partition coefficient (Wildman–Crippen LogP) is 3.82. The van der Waals surface area contributed by atoms with E-state index >= 15 is 0 Å². The zero-order chi connectivity index (χ0) is 15.1. The first-order valence-electron chi connectivity index (χ1n) is 7.25. The fourth-order valence-corrected chi connectivity index (χ4v) is 2.85. The largest absolute Gasteiger partial charge is 0.366 e. The SMILES string of the molecule is Cc1nc(-c2cccc(-c3ccc4c(c3)NCN4)c2C)no1. The number of aryl methyl sites for hydroxylation is 1. The van der Waals surface area contributed by atoms with Crippen LogP contribution in [0.15, 0.2) is 40.9 Å². The fourth-order valence-electron chi connectivity index (χ4n) is 2.85. The minimum Gasteiger partial charge on any atom is -0.366 e. The summed E-state index contributed by atoms with van der Waals surface area (Å²) >= 11 is 0. The second kappa shape index (κ2) is 4.87. The first-order chi connectivity index (χ1) is 10.7. The zero-order valence-electron chi connectivity index (χ0n) is 12.5. The third kappa shape index (κ3) is 2.02. The van der Waals surface area contributed by atoms with Gasteiger partial charge in [-0.3, -0.25) is 0 Å². The molecule has 5 heteroatoms. The van der Waals surface area contributed by atoms with E-state index in [1.807, 2.05) is 12.1 Å². The lowest BCUT2D eigenvalue weighted by Gasteiger charge is -2.10. The van der Waals surface area contributed by atoms with Gasteiger partial charge in [-0.2, -0.15) is 4.98 Å². The van der Waals surface area contributed by atoms with Gasteiger partial charge in [0.15, 0.2) is 0 Å². The van der Waals surface area contributed by atoms with E-state index in [0.717, 1.165) is 29.2 Å². The molecule has 0 aliphatic carbocycles. The number of fused-ring (bicyclic) bond motifs is 1. The summed E-state index contributed by atoms with van der Waals surface area (Å²) in [5, 5.41) is 10.6. The Morgan fingerprint density at radius 3 is 2.64 bits per heavy atom. The van der Waals surface area contributed by atoms with Crippen LogP contribution in [0.5, 0.6) is 0 Å². The van der Waals surface area contributed by atoms with E-state index in [2.05, 4.69) is 52.0 Å². The molecule has 0 saturated heterocycles. The van der Waals surface area contributed by atoms with E-state index in [9.17, 15) is 0 Å². The Balaban J connectivity index is 1.83. The molecule has 0 atom stereocenters. The number of hydrogen-bond donors (Lipinski definition) is 2. The van der Waals surface area contributed by atoms with Crippen LogP contribution in [0.2, 0.25) is 0 Å². The van der Waals surface area contributed by atoms with Gasteiger partial charge in [-0.15, -0.1) is 0 Å². The molecule has 5 nitrogen and oxygen atoms in total. The maximum atomic E-state index is 5.10. The molecule has 0 amide bonds. The van der Waals surface area contributed by atoms with Gasteiger partial charge >= 0.3 is 0 Å². The van der Waals surface area contributed by atoms with Crippen LogP contribution in [0.25, 0.3) is 22.5 Å². The van der Waals surface area contributed by atoms with Crippen LogP contribution >= 0.6 is 0 Å². The van der Waals surface area contributed by atoms with Crippen molar-refractivity contribution in [1.82, 2.24) is 10.1 Å². The number of nitrogens with zero attached hydrogens (tertiary/aromatic N) is 2. The number of hydrogen-bond acceptors (Lipinski definition) is 5. The maximum Gasteiger partial charge on any atom is 0.223 e. The van der Waals surface area contributed by atoms with Crippen molar-refractivity contribution in [3.63, 3.8) is 0 Å². The molecule has 2 heterocycles. The molecule has 4 rings (SSSR count). The van der Waals surface area contributed by atoms with Gasteiger partial charge in [-0.05, 0) is 35.7 Å². The average Bonchev–Trinajstić information content (AvgIpc) is 3.15.